The molecule has 9 heteroatoms. The molecular weight excluding hydrogens is 601 g/mol. The summed E-state index contributed by atoms with van der Waals surface area (Å²) in [7, 11) is -2.56. The van der Waals surface area contributed by atoms with E-state index in [1.165, 1.54) is 6.07 Å². The van der Waals surface area contributed by atoms with Gasteiger partial charge in [-0.25, -0.2) is 0 Å². The van der Waals surface area contributed by atoms with Crippen LogP contribution in [0.5, 0.6) is 11.5 Å². The van der Waals surface area contributed by atoms with Gasteiger partial charge in [0, 0.05) is 16.3 Å². The smallest absolute Gasteiger partial charge is 0.456 e. The summed E-state index contributed by atoms with van der Waals surface area (Å²) in [6.07, 6.45) is -4.82. The molecule has 0 unspecified atom stereocenters. The lowest BCUT2D eigenvalue weighted by atomic mass is 10.2. The van der Waals surface area contributed by atoms with Crippen LogP contribution in [0.3, 0.4) is 0 Å². The van der Waals surface area contributed by atoms with Gasteiger partial charge < -0.3 is 10.1 Å². The zero-order valence-electron chi connectivity index (χ0n) is 22.0. The minimum absolute atomic E-state index is 0.0363. The van der Waals surface area contributed by atoms with Gasteiger partial charge in [-0.3, -0.25) is 4.79 Å². The highest BCUT2D eigenvalue weighted by atomic mass is 35.5. The first-order valence-corrected chi connectivity index (χ1v) is 15.6. The molecule has 5 aromatic carbocycles. The predicted molar refractivity (Wildman–Crippen MR) is 167 cm³/mol. The van der Waals surface area contributed by atoms with Crippen molar-refractivity contribution < 1.29 is 22.7 Å². The number of carbonyl (C=O) groups excluding carboxylic acids is 1. The average molecular weight is 625 g/mol. The average Bonchev–Trinajstić information content (AvgIpc) is 3.00. The van der Waals surface area contributed by atoms with Crippen LogP contribution in [0.4, 0.5) is 18.9 Å². The molecular formula is C33H24Cl2F3NO2P+. The number of rotatable bonds is 8. The van der Waals surface area contributed by atoms with Crippen molar-refractivity contribution in [1.29, 1.82) is 0 Å². The third-order valence-corrected chi connectivity index (χ3v) is 11.6. The Morgan fingerprint density at radius 1 is 0.714 bits per heavy atom. The van der Waals surface area contributed by atoms with Gasteiger partial charge >= 0.3 is 12.1 Å². The summed E-state index contributed by atoms with van der Waals surface area (Å²) >= 11 is 12.5. The molecule has 0 aliphatic rings. The van der Waals surface area contributed by atoms with Crippen molar-refractivity contribution in [2.45, 2.75) is 12.3 Å². The van der Waals surface area contributed by atoms with E-state index in [2.05, 4.69) is 5.32 Å². The number of ether oxygens (including phenoxy) is 1. The molecule has 0 fully saturated rings. The van der Waals surface area contributed by atoms with Crippen LogP contribution >= 0.6 is 30.5 Å². The highest BCUT2D eigenvalue weighted by Crippen LogP contribution is 2.59. The molecule has 0 aliphatic heterocycles. The number of carbonyl (C=O) groups is 1. The van der Waals surface area contributed by atoms with Crippen molar-refractivity contribution in [2.24, 2.45) is 0 Å². The van der Waals surface area contributed by atoms with Gasteiger partial charge in [0.2, 0.25) is 0 Å². The summed E-state index contributed by atoms with van der Waals surface area (Å²) in [5.41, 5.74) is 0.392. The van der Waals surface area contributed by atoms with Crippen molar-refractivity contribution in [3.63, 3.8) is 0 Å². The number of hydrogen-bond donors (Lipinski definition) is 1. The van der Waals surface area contributed by atoms with Crippen LogP contribution < -0.4 is 26.0 Å². The number of hydrogen-bond acceptors (Lipinski definition) is 2. The summed E-state index contributed by atoms with van der Waals surface area (Å²) in [5, 5.41) is 5.67. The fraction of sp³-hybridized carbons (Fsp3) is 0.0606. The third-order valence-electron chi connectivity index (χ3n) is 6.70. The van der Waals surface area contributed by atoms with Gasteiger partial charge in [-0.15, -0.1) is 0 Å². The lowest BCUT2D eigenvalue weighted by Crippen LogP contribution is -2.33. The van der Waals surface area contributed by atoms with E-state index in [1.807, 2.05) is 91.0 Å². The van der Waals surface area contributed by atoms with Gasteiger partial charge in [-0.05, 0) is 72.8 Å². The molecule has 0 atom stereocenters. The molecule has 0 spiro atoms. The third kappa shape index (κ3) is 6.47. The maximum Gasteiger partial charge on any atom is 0.471 e. The molecule has 0 bridgehead atoms. The first kappa shape index (κ1) is 29.7. The van der Waals surface area contributed by atoms with E-state index in [0.29, 0.717) is 16.3 Å². The van der Waals surface area contributed by atoms with Crippen LogP contribution in [0.25, 0.3) is 0 Å². The first-order valence-electron chi connectivity index (χ1n) is 12.9. The Morgan fingerprint density at radius 3 is 1.64 bits per heavy atom. The normalized spacial score (nSPS) is 11.6. The topological polar surface area (TPSA) is 38.3 Å². The molecule has 0 saturated carbocycles. The predicted octanol–water partition coefficient (Wildman–Crippen LogP) is 8.78. The van der Waals surface area contributed by atoms with E-state index in [-0.39, 0.29) is 22.6 Å². The number of amides is 1. The summed E-state index contributed by atoms with van der Waals surface area (Å²) in [5.74, 6) is -1.42. The van der Waals surface area contributed by atoms with Crippen molar-refractivity contribution in [3.8, 4) is 11.5 Å². The SMILES string of the molecule is O=C(Nc1cc(Cl)c(Oc2ccc(Cl)cc2)cc1C[P+](c1ccccc1)(c1ccccc1)c1ccccc1)C(F)(F)F. The largest absolute Gasteiger partial charge is 0.471 e. The summed E-state index contributed by atoms with van der Waals surface area (Å²) in [6, 6.07) is 39.1. The van der Waals surface area contributed by atoms with Crippen LogP contribution in [0, 0.1) is 0 Å². The van der Waals surface area contributed by atoms with Gasteiger partial charge in [-0.1, -0.05) is 77.8 Å². The summed E-state index contributed by atoms with van der Waals surface area (Å²) in [4.78, 5) is 12.2. The Labute approximate surface area is 252 Å². The monoisotopic (exact) mass is 624 g/mol. The van der Waals surface area contributed by atoms with Crippen molar-refractivity contribution in [1.82, 2.24) is 0 Å². The van der Waals surface area contributed by atoms with Gasteiger partial charge in [0.1, 0.15) is 40.8 Å². The van der Waals surface area contributed by atoms with E-state index in [0.717, 1.165) is 15.9 Å². The van der Waals surface area contributed by atoms with Gasteiger partial charge in [-0.2, -0.15) is 13.2 Å². The molecule has 0 aromatic heterocycles. The van der Waals surface area contributed by atoms with Crippen molar-refractivity contribution >= 4 is 58.0 Å². The van der Waals surface area contributed by atoms with E-state index >= 15 is 0 Å². The minimum atomic E-state index is -5.09. The molecule has 5 rings (SSSR count). The lowest BCUT2D eigenvalue weighted by molar-refractivity contribution is -0.167. The number of nitrogens with one attached hydrogen (secondary N) is 1. The van der Waals surface area contributed by atoms with Crippen LogP contribution in [0.2, 0.25) is 10.0 Å². The van der Waals surface area contributed by atoms with Gasteiger partial charge in [0.25, 0.3) is 0 Å². The quantitative estimate of drug-likeness (QED) is 0.175. The molecule has 0 radical (unpaired) electrons. The summed E-state index contributed by atoms with van der Waals surface area (Å²) in [6.45, 7) is 0. The minimum Gasteiger partial charge on any atom is -0.456 e. The molecule has 3 nitrogen and oxygen atoms in total. The van der Waals surface area contributed by atoms with Gasteiger partial charge in [0.05, 0.1) is 5.02 Å². The zero-order valence-corrected chi connectivity index (χ0v) is 24.4. The van der Waals surface area contributed by atoms with Crippen LogP contribution in [-0.4, -0.2) is 12.1 Å². The molecule has 42 heavy (non-hydrogen) atoms. The Morgan fingerprint density at radius 2 is 1.19 bits per heavy atom. The Hall–Kier alpha value is -3.83. The molecule has 5 aromatic rings. The van der Waals surface area contributed by atoms with Gasteiger partial charge in [0.15, 0.2) is 0 Å². The fourth-order valence-electron chi connectivity index (χ4n) is 4.77. The number of alkyl halides is 3. The second-order valence-electron chi connectivity index (χ2n) is 9.42. The molecule has 0 saturated heterocycles. The molecule has 212 valence electrons. The van der Waals surface area contributed by atoms with Crippen LogP contribution in [0.15, 0.2) is 127 Å². The maximum atomic E-state index is 13.4. The second-order valence-corrected chi connectivity index (χ2v) is 13.8. The van der Waals surface area contributed by atoms with Crippen LogP contribution in [0.1, 0.15) is 5.56 Å². The number of benzene rings is 5. The van der Waals surface area contributed by atoms with Crippen molar-refractivity contribution in [2.75, 3.05) is 5.32 Å². The first-order chi connectivity index (χ1) is 20.2. The maximum absolute atomic E-state index is 13.4. The standard InChI is InChI=1S/C33H23Cl2F3NO2P/c34-24-16-18-25(19-17-24)41-31-20-23(30(21-29(31)35)39-32(40)33(36,37)38)22-42(26-10-4-1-5-11-26,27-12-6-2-7-13-27)28-14-8-3-9-15-28/h1-21H,22H2/p+1. The van der Waals surface area contributed by atoms with E-state index < -0.39 is 19.3 Å². The van der Waals surface area contributed by atoms with Crippen LogP contribution in [-0.2, 0) is 11.0 Å². The molecule has 1 N–H and O–H groups in total. The highest BCUT2D eigenvalue weighted by molar-refractivity contribution is 7.95. The van der Waals surface area contributed by atoms with E-state index in [9.17, 15) is 18.0 Å². The fourth-order valence-corrected chi connectivity index (χ4v) is 9.35. The van der Waals surface area contributed by atoms with Crippen molar-refractivity contribution in [3.05, 3.63) is 143 Å². The number of halogens is 5. The Kier molecular flexibility index (Phi) is 8.88. The molecule has 0 heterocycles. The van der Waals surface area contributed by atoms with E-state index in [4.69, 9.17) is 27.9 Å². The molecule has 0 aliphatic carbocycles. The highest BCUT2D eigenvalue weighted by Gasteiger charge is 2.46. The Balaban J connectivity index is 1.73. The number of anilines is 1. The summed E-state index contributed by atoms with van der Waals surface area (Å²) < 4.78 is 46.3. The second kappa shape index (κ2) is 12.6. The Bertz CT molecular complexity index is 1570. The van der Waals surface area contributed by atoms with E-state index in [1.54, 1.807) is 30.3 Å². The molecule has 1 amide bonds. The lowest BCUT2D eigenvalue weighted by Gasteiger charge is -2.29. The zero-order chi connectivity index (χ0) is 29.7.